The Labute approximate surface area is 118 Å². The van der Waals surface area contributed by atoms with Gasteiger partial charge in [0.05, 0.1) is 7.11 Å². The van der Waals surface area contributed by atoms with E-state index in [-0.39, 0.29) is 6.04 Å². The van der Waals surface area contributed by atoms with Crippen molar-refractivity contribution in [1.29, 1.82) is 0 Å². The highest BCUT2D eigenvalue weighted by molar-refractivity contribution is 6.29. The van der Waals surface area contributed by atoms with E-state index in [0.717, 1.165) is 18.0 Å². The van der Waals surface area contributed by atoms with E-state index in [1.165, 1.54) is 5.56 Å². The number of rotatable bonds is 5. The number of aromatic nitrogens is 1. The van der Waals surface area contributed by atoms with Crippen LogP contribution in [-0.2, 0) is 6.42 Å². The van der Waals surface area contributed by atoms with Gasteiger partial charge in [0.2, 0.25) is 0 Å². The monoisotopic (exact) mass is 276 g/mol. The third kappa shape index (κ3) is 3.86. The molecule has 2 rings (SSSR count). The predicted molar refractivity (Wildman–Crippen MR) is 79.0 cm³/mol. The van der Waals surface area contributed by atoms with Crippen molar-refractivity contribution in [3.05, 3.63) is 53.2 Å². The zero-order valence-corrected chi connectivity index (χ0v) is 11.8. The Hall–Kier alpha value is -1.74. The fourth-order valence-electron chi connectivity index (χ4n) is 1.99. The van der Waals surface area contributed by atoms with Crippen LogP contribution in [0, 0.1) is 0 Å². The first-order valence-corrected chi connectivity index (χ1v) is 6.58. The van der Waals surface area contributed by atoms with Gasteiger partial charge in [-0.05, 0) is 37.1 Å². The summed E-state index contributed by atoms with van der Waals surface area (Å²) >= 11 is 5.87. The lowest BCUT2D eigenvalue weighted by molar-refractivity contribution is 0.409. The van der Waals surface area contributed by atoms with Gasteiger partial charge < -0.3 is 10.1 Å². The van der Waals surface area contributed by atoms with Gasteiger partial charge in [-0.2, -0.15) is 0 Å². The lowest BCUT2D eigenvalue weighted by atomic mass is 10.1. The molecule has 1 heterocycles. The average Bonchev–Trinajstić information content (AvgIpc) is 2.39. The van der Waals surface area contributed by atoms with E-state index in [0.29, 0.717) is 5.15 Å². The molecule has 0 bridgehead atoms. The number of methoxy groups -OCH3 is 1. The summed E-state index contributed by atoms with van der Waals surface area (Å²) in [6.07, 6.45) is 0.859. The van der Waals surface area contributed by atoms with Crippen molar-refractivity contribution in [2.24, 2.45) is 0 Å². The Morgan fingerprint density at radius 1 is 1.21 bits per heavy atom. The molecule has 1 N–H and O–H groups in total. The van der Waals surface area contributed by atoms with E-state index in [9.17, 15) is 0 Å². The highest BCUT2D eigenvalue weighted by Gasteiger charge is 2.08. The van der Waals surface area contributed by atoms with Crippen LogP contribution in [0.4, 0.5) is 5.82 Å². The molecular formula is C15H17ClN2O. The largest absolute Gasteiger partial charge is 0.496 e. The van der Waals surface area contributed by atoms with Crippen LogP contribution in [0.15, 0.2) is 42.5 Å². The second kappa shape index (κ2) is 6.43. The van der Waals surface area contributed by atoms with Crippen molar-refractivity contribution >= 4 is 17.4 Å². The zero-order valence-electron chi connectivity index (χ0n) is 11.1. The number of para-hydroxylation sites is 1. The molecule has 19 heavy (non-hydrogen) atoms. The zero-order chi connectivity index (χ0) is 13.7. The second-order valence-corrected chi connectivity index (χ2v) is 4.79. The number of hydrogen-bond donors (Lipinski definition) is 1. The molecule has 0 aliphatic heterocycles. The van der Waals surface area contributed by atoms with E-state index < -0.39 is 0 Å². The summed E-state index contributed by atoms with van der Waals surface area (Å²) in [6, 6.07) is 13.8. The number of ether oxygens (including phenoxy) is 1. The molecule has 3 nitrogen and oxygen atoms in total. The van der Waals surface area contributed by atoms with Crippen LogP contribution in [0.1, 0.15) is 12.5 Å². The Morgan fingerprint density at radius 3 is 2.74 bits per heavy atom. The molecule has 1 aromatic carbocycles. The molecule has 1 atom stereocenters. The Morgan fingerprint density at radius 2 is 2.00 bits per heavy atom. The van der Waals surface area contributed by atoms with Crippen LogP contribution in [0.3, 0.4) is 0 Å². The van der Waals surface area contributed by atoms with Crippen molar-refractivity contribution in [2.75, 3.05) is 12.4 Å². The van der Waals surface area contributed by atoms with Gasteiger partial charge in [0, 0.05) is 6.04 Å². The standard InChI is InChI=1S/C15H17ClN2O/c1-11(17-15-9-5-8-14(16)18-15)10-12-6-3-4-7-13(12)19-2/h3-9,11H,10H2,1-2H3,(H,17,18). The minimum atomic E-state index is 0.238. The molecule has 4 heteroatoms. The molecule has 0 fully saturated rings. The van der Waals surface area contributed by atoms with Crippen molar-refractivity contribution in [3.8, 4) is 5.75 Å². The van der Waals surface area contributed by atoms with E-state index in [1.807, 2.05) is 30.3 Å². The number of halogens is 1. The molecule has 0 amide bonds. The normalized spacial score (nSPS) is 11.9. The molecule has 0 saturated heterocycles. The van der Waals surface area contributed by atoms with Gasteiger partial charge in [-0.3, -0.25) is 0 Å². The van der Waals surface area contributed by atoms with Gasteiger partial charge in [-0.25, -0.2) is 4.98 Å². The summed E-state index contributed by atoms with van der Waals surface area (Å²) in [6.45, 7) is 2.11. The van der Waals surface area contributed by atoms with E-state index in [2.05, 4.69) is 23.3 Å². The number of anilines is 1. The summed E-state index contributed by atoms with van der Waals surface area (Å²) in [7, 11) is 1.69. The molecule has 1 unspecified atom stereocenters. The molecule has 1 aromatic heterocycles. The number of nitrogens with one attached hydrogen (secondary N) is 1. The Balaban J connectivity index is 2.03. The highest BCUT2D eigenvalue weighted by atomic mass is 35.5. The Kier molecular flexibility index (Phi) is 4.63. The molecule has 0 radical (unpaired) electrons. The predicted octanol–water partition coefficient (Wildman–Crippen LogP) is 3.79. The lowest BCUT2D eigenvalue weighted by Crippen LogP contribution is -2.19. The summed E-state index contributed by atoms with van der Waals surface area (Å²) in [5.41, 5.74) is 1.17. The maximum atomic E-state index is 5.87. The first kappa shape index (κ1) is 13.7. The van der Waals surface area contributed by atoms with Gasteiger partial charge in [-0.15, -0.1) is 0 Å². The first-order chi connectivity index (χ1) is 9.19. The van der Waals surface area contributed by atoms with Gasteiger partial charge >= 0.3 is 0 Å². The number of pyridine rings is 1. The van der Waals surface area contributed by atoms with Crippen molar-refractivity contribution < 1.29 is 4.74 Å². The third-order valence-electron chi connectivity index (χ3n) is 2.83. The SMILES string of the molecule is COc1ccccc1CC(C)Nc1cccc(Cl)n1. The number of nitrogens with zero attached hydrogens (tertiary/aromatic N) is 1. The fraction of sp³-hybridized carbons (Fsp3) is 0.267. The third-order valence-corrected chi connectivity index (χ3v) is 3.04. The molecule has 0 aliphatic rings. The summed E-state index contributed by atoms with van der Waals surface area (Å²) in [5.74, 6) is 1.70. The molecule has 100 valence electrons. The van der Waals surface area contributed by atoms with Crippen LogP contribution < -0.4 is 10.1 Å². The average molecular weight is 277 g/mol. The quantitative estimate of drug-likeness (QED) is 0.844. The topological polar surface area (TPSA) is 34.1 Å². The van der Waals surface area contributed by atoms with Crippen LogP contribution in [0.2, 0.25) is 5.15 Å². The smallest absolute Gasteiger partial charge is 0.131 e. The van der Waals surface area contributed by atoms with Crippen LogP contribution in [0.5, 0.6) is 5.75 Å². The summed E-state index contributed by atoms with van der Waals surface area (Å²) < 4.78 is 5.35. The van der Waals surface area contributed by atoms with E-state index in [4.69, 9.17) is 16.3 Å². The molecule has 0 spiro atoms. The van der Waals surface area contributed by atoms with Gasteiger partial charge in [0.1, 0.15) is 16.7 Å². The first-order valence-electron chi connectivity index (χ1n) is 6.20. The minimum absolute atomic E-state index is 0.238. The maximum Gasteiger partial charge on any atom is 0.131 e. The van der Waals surface area contributed by atoms with E-state index in [1.54, 1.807) is 13.2 Å². The van der Waals surface area contributed by atoms with Gasteiger partial charge in [0.15, 0.2) is 0 Å². The molecule has 0 saturated carbocycles. The van der Waals surface area contributed by atoms with Gasteiger partial charge in [-0.1, -0.05) is 35.9 Å². The second-order valence-electron chi connectivity index (χ2n) is 4.41. The van der Waals surface area contributed by atoms with Crippen molar-refractivity contribution in [3.63, 3.8) is 0 Å². The number of benzene rings is 1. The summed E-state index contributed by atoms with van der Waals surface area (Å²) in [5, 5.41) is 3.83. The van der Waals surface area contributed by atoms with Crippen LogP contribution in [-0.4, -0.2) is 18.1 Å². The highest BCUT2D eigenvalue weighted by Crippen LogP contribution is 2.20. The molecular weight excluding hydrogens is 260 g/mol. The van der Waals surface area contributed by atoms with E-state index >= 15 is 0 Å². The minimum Gasteiger partial charge on any atom is -0.496 e. The van der Waals surface area contributed by atoms with Crippen LogP contribution in [0.25, 0.3) is 0 Å². The molecule has 0 aliphatic carbocycles. The van der Waals surface area contributed by atoms with Crippen LogP contribution >= 0.6 is 11.6 Å². The van der Waals surface area contributed by atoms with Gasteiger partial charge in [0.25, 0.3) is 0 Å². The summed E-state index contributed by atoms with van der Waals surface area (Å²) in [4.78, 5) is 4.22. The Bertz CT molecular complexity index is 545. The number of hydrogen-bond acceptors (Lipinski definition) is 3. The van der Waals surface area contributed by atoms with Crippen molar-refractivity contribution in [2.45, 2.75) is 19.4 Å². The fourth-order valence-corrected chi connectivity index (χ4v) is 2.16. The maximum absolute atomic E-state index is 5.87. The lowest BCUT2D eigenvalue weighted by Gasteiger charge is -2.16. The molecule has 2 aromatic rings. The van der Waals surface area contributed by atoms with Crippen molar-refractivity contribution in [1.82, 2.24) is 4.98 Å².